The first-order valence-electron chi connectivity index (χ1n) is 11.0. The number of anilines is 1. The molecule has 4 rings (SSSR count). The average Bonchev–Trinajstić information content (AvgIpc) is 3.15. The standard InChI is InChI=1S/C26H26N2O7S/c1-17-8-7-9-19(14-17)28(25-20-10-5-6-11-23(20)36(30,31)27-25)12-13-35-26(29)18-15-21(32-2)24(34-4)22(16-18)33-3/h5-11,14-16H,12-13H2,1-4H3. The van der Waals surface area contributed by atoms with Crippen LogP contribution < -0.4 is 19.1 Å². The minimum Gasteiger partial charge on any atom is -0.493 e. The van der Waals surface area contributed by atoms with Crippen LogP contribution in [-0.4, -0.2) is 54.7 Å². The number of hydrogen-bond donors (Lipinski definition) is 0. The van der Waals surface area contributed by atoms with Gasteiger partial charge in [-0.05, 0) is 48.9 Å². The molecule has 3 aromatic rings. The lowest BCUT2D eigenvalue weighted by molar-refractivity contribution is 0.0516. The summed E-state index contributed by atoms with van der Waals surface area (Å²) in [6.45, 7) is 2.07. The number of methoxy groups -OCH3 is 3. The number of benzene rings is 3. The number of nitrogens with zero attached hydrogens (tertiary/aromatic N) is 2. The van der Waals surface area contributed by atoms with Crippen LogP contribution in [0.15, 0.2) is 70.0 Å². The van der Waals surface area contributed by atoms with Crippen molar-refractivity contribution < 1.29 is 32.2 Å². The number of sulfonamides is 1. The third-order valence-corrected chi connectivity index (χ3v) is 6.96. The second kappa shape index (κ2) is 10.3. The second-order valence-corrected chi connectivity index (χ2v) is 9.50. The summed E-state index contributed by atoms with van der Waals surface area (Å²) in [7, 11) is 0.566. The zero-order valence-electron chi connectivity index (χ0n) is 20.3. The van der Waals surface area contributed by atoms with Crippen LogP contribution >= 0.6 is 0 Å². The van der Waals surface area contributed by atoms with E-state index in [1.54, 1.807) is 23.1 Å². The first-order valence-corrected chi connectivity index (χ1v) is 12.5. The summed E-state index contributed by atoms with van der Waals surface area (Å²) in [5, 5.41) is 0. The average molecular weight is 511 g/mol. The number of aryl methyl sites for hydroxylation is 1. The van der Waals surface area contributed by atoms with Gasteiger partial charge in [0.1, 0.15) is 11.5 Å². The van der Waals surface area contributed by atoms with Crippen molar-refractivity contribution in [2.24, 2.45) is 4.40 Å². The fraction of sp³-hybridized carbons (Fsp3) is 0.231. The van der Waals surface area contributed by atoms with Gasteiger partial charge in [-0.3, -0.25) is 0 Å². The van der Waals surface area contributed by atoms with E-state index in [1.807, 2.05) is 31.2 Å². The molecule has 0 aromatic heterocycles. The number of esters is 1. The van der Waals surface area contributed by atoms with Gasteiger partial charge in [0.15, 0.2) is 17.3 Å². The molecule has 0 bridgehead atoms. The van der Waals surface area contributed by atoms with E-state index in [2.05, 4.69) is 4.40 Å². The predicted octanol–water partition coefficient (Wildman–Crippen LogP) is 3.83. The van der Waals surface area contributed by atoms with Gasteiger partial charge in [-0.1, -0.05) is 24.3 Å². The van der Waals surface area contributed by atoms with Gasteiger partial charge >= 0.3 is 5.97 Å². The summed E-state index contributed by atoms with van der Waals surface area (Å²) in [5.41, 5.74) is 2.43. The summed E-state index contributed by atoms with van der Waals surface area (Å²) in [4.78, 5) is 14.7. The van der Waals surface area contributed by atoms with Crippen LogP contribution in [0.4, 0.5) is 5.69 Å². The summed E-state index contributed by atoms with van der Waals surface area (Å²) in [5.74, 6) is 0.695. The maximum atomic E-state index is 12.9. The number of fused-ring (bicyclic) bond motifs is 1. The molecule has 9 nitrogen and oxygen atoms in total. The number of amidine groups is 1. The highest BCUT2D eigenvalue weighted by molar-refractivity contribution is 7.90. The van der Waals surface area contributed by atoms with Gasteiger partial charge in [0.05, 0.1) is 33.4 Å². The van der Waals surface area contributed by atoms with Crippen molar-refractivity contribution in [3.63, 3.8) is 0 Å². The van der Waals surface area contributed by atoms with Crippen LogP contribution in [0.2, 0.25) is 0 Å². The molecule has 0 atom stereocenters. The highest BCUT2D eigenvalue weighted by Gasteiger charge is 2.32. The predicted molar refractivity (Wildman–Crippen MR) is 135 cm³/mol. The molecule has 1 aliphatic rings. The van der Waals surface area contributed by atoms with Gasteiger partial charge in [0, 0.05) is 11.3 Å². The lowest BCUT2D eigenvalue weighted by atomic mass is 10.1. The van der Waals surface area contributed by atoms with Crippen LogP contribution in [0.1, 0.15) is 21.5 Å². The van der Waals surface area contributed by atoms with Crippen LogP contribution in [0.25, 0.3) is 0 Å². The lowest BCUT2D eigenvalue weighted by Gasteiger charge is -2.25. The first-order chi connectivity index (χ1) is 17.3. The van der Waals surface area contributed by atoms with Crippen LogP contribution in [0.5, 0.6) is 17.2 Å². The van der Waals surface area contributed by atoms with Crippen LogP contribution in [-0.2, 0) is 14.8 Å². The molecule has 0 aliphatic carbocycles. The molecule has 0 N–H and O–H groups in total. The second-order valence-electron chi connectivity index (χ2n) is 7.93. The van der Waals surface area contributed by atoms with E-state index in [0.717, 1.165) is 11.3 Å². The molecule has 188 valence electrons. The number of ether oxygens (including phenoxy) is 4. The molecule has 0 unspecified atom stereocenters. The van der Waals surface area contributed by atoms with Crippen LogP contribution in [0.3, 0.4) is 0 Å². The van der Waals surface area contributed by atoms with E-state index in [9.17, 15) is 13.2 Å². The molecular formula is C26H26N2O7S. The fourth-order valence-corrected chi connectivity index (χ4v) is 5.16. The van der Waals surface area contributed by atoms with Crippen molar-refractivity contribution >= 4 is 27.5 Å². The maximum Gasteiger partial charge on any atom is 0.338 e. The Bertz CT molecular complexity index is 1410. The van der Waals surface area contributed by atoms with Gasteiger partial charge in [0.2, 0.25) is 5.75 Å². The van der Waals surface area contributed by atoms with Crippen molar-refractivity contribution in [2.75, 3.05) is 39.4 Å². The third kappa shape index (κ3) is 4.85. The summed E-state index contributed by atoms with van der Waals surface area (Å²) in [6, 6.07) is 17.2. The number of hydrogen-bond acceptors (Lipinski definition) is 8. The molecule has 0 spiro atoms. The molecular weight excluding hydrogens is 484 g/mol. The minimum atomic E-state index is -3.83. The minimum absolute atomic E-state index is 0.0370. The monoisotopic (exact) mass is 510 g/mol. The Morgan fingerprint density at radius 3 is 2.25 bits per heavy atom. The van der Waals surface area contributed by atoms with Crippen molar-refractivity contribution in [1.82, 2.24) is 0 Å². The Labute approximate surface area is 209 Å². The summed E-state index contributed by atoms with van der Waals surface area (Å²) >= 11 is 0. The molecule has 1 heterocycles. The topological polar surface area (TPSA) is 104 Å². The van der Waals surface area contributed by atoms with Gasteiger partial charge in [-0.15, -0.1) is 4.40 Å². The van der Waals surface area contributed by atoms with Crippen molar-refractivity contribution in [1.29, 1.82) is 0 Å². The molecule has 0 saturated carbocycles. The van der Waals surface area contributed by atoms with Gasteiger partial charge in [-0.25, -0.2) is 4.79 Å². The van der Waals surface area contributed by atoms with Crippen molar-refractivity contribution in [3.8, 4) is 17.2 Å². The van der Waals surface area contributed by atoms with Gasteiger partial charge in [-0.2, -0.15) is 8.42 Å². The lowest BCUT2D eigenvalue weighted by Crippen LogP contribution is -2.34. The molecule has 10 heteroatoms. The zero-order valence-corrected chi connectivity index (χ0v) is 21.2. The molecule has 1 aliphatic heterocycles. The van der Waals surface area contributed by atoms with E-state index >= 15 is 0 Å². The molecule has 3 aromatic carbocycles. The summed E-state index contributed by atoms with van der Waals surface area (Å²) in [6.07, 6.45) is 0. The van der Waals surface area contributed by atoms with E-state index in [0.29, 0.717) is 22.8 Å². The molecule has 0 saturated heterocycles. The SMILES string of the molecule is COc1cc(C(=O)OCCN(C2=NS(=O)(=O)c3ccccc32)c2cccc(C)c2)cc(OC)c1OC. The van der Waals surface area contributed by atoms with E-state index in [4.69, 9.17) is 18.9 Å². The highest BCUT2D eigenvalue weighted by Crippen LogP contribution is 2.38. The number of carbonyl (C=O) groups is 1. The quantitative estimate of drug-likeness (QED) is 0.421. The van der Waals surface area contributed by atoms with E-state index < -0.39 is 16.0 Å². The Hall–Kier alpha value is -4.05. The molecule has 0 radical (unpaired) electrons. The molecule has 0 amide bonds. The zero-order chi connectivity index (χ0) is 25.9. The van der Waals surface area contributed by atoms with Crippen molar-refractivity contribution in [2.45, 2.75) is 11.8 Å². The largest absolute Gasteiger partial charge is 0.493 e. The maximum absolute atomic E-state index is 12.9. The molecule has 0 fully saturated rings. The van der Waals surface area contributed by atoms with Gasteiger partial charge in [0.25, 0.3) is 10.0 Å². The Kier molecular flexibility index (Phi) is 7.16. The fourth-order valence-electron chi connectivity index (χ4n) is 3.95. The number of carbonyl (C=O) groups excluding carboxylic acids is 1. The van der Waals surface area contributed by atoms with E-state index in [1.165, 1.54) is 39.5 Å². The smallest absolute Gasteiger partial charge is 0.338 e. The first kappa shape index (κ1) is 25.1. The van der Waals surface area contributed by atoms with E-state index in [-0.39, 0.29) is 29.4 Å². The summed E-state index contributed by atoms with van der Waals surface area (Å²) < 4.78 is 50.8. The normalized spacial score (nSPS) is 13.4. The highest BCUT2D eigenvalue weighted by atomic mass is 32.2. The Balaban J connectivity index is 1.60. The molecule has 36 heavy (non-hydrogen) atoms. The Morgan fingerprint density at radius 2 is 1.61 bits per heavy atom. The Morgan fingerprint density at radius 1 is 0.917 bits per heavy atom. The van der Waals surface area contributed by atoms with Crippen LogP contribution in [0, 0.1) is 6.92 Å². The van der Waals surface area contributed by atoms with Gasteiger partial charge < -0.3 is 23.8 Å². The number of rotatable bonds is 8. The van der Waals surface area contributed by atoms with Crippen molar-refractivity contribution in [3.05, 3.63) is 77.4 Å². The third-order valence-electron chi connectivity index (χ3n) is 5.63.